The number of rotatable bonds is 8. The summed E-state index contributed by atoms with van der Waals surface area (Å²) in [6, 6.07) is 13.9. The molecule has 0 atom stereocenters. The molecule has 5 nitrogen and oxygen atoms in total. The third-order valence-electron chi connectivity index (χ3n) is 6.18. The topological polar surface area (TPSA) is 65.0 Å². The molecule has 0 radical (unpaired) electrons. The van der Waals surface area contributed by atoms with E-state index in [2.05, 4.69) is 6.07 Å². The van der Waals surface area contributed by atoms with Crippen LogP contribution in [0.25, 0.3) is 0 Å². The number of carboxylic acids is 1. The number of carboxylic acid groups (broad SMARTS) is 1. The van der Waals surface area contributed by atoms with Gasteiger partial charge in [-0.15, -0.1) is 0 Å². The second-order valence-corrected chi connectivity index (χ2v) is 8.06. The average Bonchev–Trinajstić information content (AvgIpc) is 2.74. The van der Waals surface area contributed by atoms with E-state index in [4.69, 9.17) is 19.3 Å². The minimum absolute atomic E-state index is 0.0858. The number of carbonyl (C=O) groups is 1. The molecule has 2 saturated heterocycles. The van der Waals surface area contributed by atoms with E-state index in [1.54, 1.807) is 12.1 Å². The lowest BCUT2D eigenvalue weighted by molar-refractivity contribution is -0.194. The molecule has 0 aromatic heterocycles. The first kappa shape index (κ1) is 19.9. The maximum atomic E-state index is 13.1. The zero-order valence-corrected chi connectivity index (χ0v) is 16.2. The third-order valence-corrected chi connectivity index (χ3v) is 6.18. The van der Waals surface area contributed by atoms with Crippen LogP contribution in [0.1, 0.15) is 37.7 Å². The first-order valence-electron chi connectivity index (χ1n) is 9.96. The number of hydrogen-bond acceptors (Lipinski definition) is 4. The summed E-state index contributed by atoms with van der Waals surface area (Å²) >= 11 is 0. The minimum atomic E-state index is -0.937. The molecule has 29 heavy (non-hydrogen) atoms. The van der Waals surface area contributed by atoms with Crippen molar-refractivity contribution >= 4 is 5.97 Å². The largest absolute Gasteiger partial charge is 0.480 e. The van der Waals surface area contributed by atoms with Crippen molar-refractivity contribution in [3.8, 4) is 11.5 Å². The SMILES string of the molecule is O=C(O)COCCC12CCC(c3cccc(Oc4ccc(F)cc4)c3)(CC1)OC2. The molecule has 1 aliphatic carbocycles. The number of ether oxygens (including phenoxy) is 3. The fourth-order valence-electron chi connectivity index (χ4n) is 4.39. The van der Waals surface area contributed by atoms with Gasteiger partial charge in [0.05, 0.1) is 12.2 Å². The van der Waals surface area contributed by atoms with Gasteiger partial charge in [0.25, 0.3) is 0 Å². The molecule has 2 heterocycles. The van der Waals surface area contributed by atoms with Crippen molar-refractivity contribution in [3.05, 3.63) is 59.9 Å². The summed E-state index contributed by atoms with van der Waals surface area (Å²) in [5.74, 6) is 0.0682. The van der Waals surface area contributed by atoms with E-state index in [1.165, 1.54) is 12.1 Å². The molecule has 1 N–H and O–H groups in total. The van der Waals surface area contributed by atoms with Crippen LogP contribution in [-0.4, -0.2) is 30.9 Å². The molecule has 2 aliphatic heterocycles. The molecular formula is C23H25FO5. The number of aliphatic carboxylic acids is 1. The van der Waals surface area contributed by atoms with E-state index in [1.807, 2.05) is 18.2 Å². The highest BCUT2D eigenvalue weighted by atomic mass is 19.1. The minimum Gasteiger partial charge on any atom is -0.480 e. The van der Waals surface area contributed by atoms with Crippen LogP contribution in [0.5, 0.6) is 11.5 Å². The average molecular weight is 400 g/mol. The highest BCUT2D eigenvalue weighted by molar-refractivity contribution is 5.67. The van der Waals surface area contributed by atoms with Gasteiger partial charge in [-0.2, -0.15) is 0 Å². The van der Waals surface area contributed by atoms with Crippen LogP contribution in [0.15, 0.2) is 48.5 Å². The van der Waals surface area contributed by atoms with Crippen molar-refractivity contribution in [1.29, 1.82) is 0 Å². The number of benzene rings is 2. The summed E-state index contributed by atoms with van der Waals surface area (Å²) in [6.07, 6.45) is 4.74. The van der Waals surface area contributed by atoms with Crippen LogP contribution in [0.4, 0.5) is 4.39 Å². The van der Waals surface area contributed by atoms with Crippen molar-refractivity contribution in [1.82, 2.24) is 0 Å². The van der Waals surface area contributed by atoms with Crippen LogP contribution in [-0.2, 0) is 19.9 Å². The van der Waals surface area contributed by atoms with Crippen molar-refractivity contribution in [2.75, 3.05) is 19.8 Å². The molecule has 154 valence electrons. The van der Waals surface area contributed by atoms with Crippen molar-refractivity contribution in [3.63, 3.8) is 0 Å². The van der Waals surface area contributed by atoms with Gasteiger partial charge < -0.3 is 19.3 Å². The maximum absolute atomic E-state index is 13.1. The van der Waals surface area contributed by atoms with Gasteiger partial charge in [0.15, 0.2) is 0 Å². The molecule has 6 heteroatoms. The monoisotopic (exact) mass is 400 g/mol. The summed E-state index contributed by atoms with van der Waals surface area (Å²) in [5, 5.41) is 8.69. The van der Waals surface area contributed by atoms with Crippen LogP contribution < -0.4 is 4.74 Å². The van der Waals surface area contributed by atoms with E-state index < -0.39 is 5.97 Å². The molecule has 0 spiro atoms. The standard InChI is InChI=1S/C23H25FO5/c24-18-4-6-19(7-5-18)29-20-3-1-2-17(14-20)23-10-8-22(9-11-23,16-28-23)12-13-27-15-21(25)26/h1-7,14H,8-13,15-16H2,(H,25,26). The smallest absolute Gasteiger partial charge is 0.329 e. The van der Waals surface area contributed by atoms with Crippen molar-refractivity contribution in [2.45, 2.75) is 37.7 Å². The Kier molecular flexibility index (Phi) is 5.56. The summed E-state index contributed by atoms with van der Waals surface area (Å²) in [6.45, 7) is 0.859. The molecule has 5 rings (SSSR count). The van der Waals surface area contributed by atoms with Crippen LogP contribution in [0.2, 0.25) is 0 Å². The first-order valence-corrected chi connectivity index (χ1v) is 9.96. The van der Waals surface area contributed by atoms with Gasteiger partial charge in [-0.25, -0.2) is 9.18 Å². The zero-order valence-electron chi connectivity index (χ0n) is 16.2. The van der Waals surface area contributed by atoms with Gasteiger partial charge in [0, 0.05) is 6.61 Å². The maximum Gasteiger partial charge on any atom is 0.329 e. The van der Waals surface area contributed by atoms with E-state index in [-0.39, 0.29) is 23.4 Å². The van der Waals surface area contributed by atoms with Gasteiger partial charge >= 0.3 is 5.97 Å². The zero-order chi connectivity index (χ0) is 20.3. The number of fused-ring (bicyclic) bond motifs is 3. The predicted molar refractivity (Wildman–Crippen MR) is 105 cm³/mol. The fourth-order valence-corrected chi connectivity index (χ4v) is 4.39. The lowest BCUT2D eigenvalue weighted by atomic mass is 9.63. The molecule has 3 fully saturated rings. The lowest BCUT2D eigenvalue weighted by Gasteiger charge is -2.53. The highest BCUT2D eigenvalue weighted by Gasteiger charge is 2.50. The normalized spacial score (nSPS) is 25.7. The van der Waals surface area contributed by atoms with Crippen LogP contribution in [0, 0.1) is 11.2 Å². The first-order chi connectivity index (χ1) is 14.0. The Hall–Kier alpha value is -2.44. The Morgan fingerprint density at radius 1 is 1.07 bits per heavy atom. The van der Waals surface area contributed by atoms with Crippen LogP contribution in [0.3, 0.4) is 0 Å². The third kappa shape index (κ3) is 4.43. The summed E-state index contributed by atoms with van der Waals surface area (Å²) < 4.78 is 30.6. The van der Waals surface area contributed by atoms with Gasteiger partial charge in [0.1, 0.15) is 23.9 Å². The molecule has 2 aromatic rings. The molecule has 2 aromatic carbocycles. The lowest BCUT2D eigenvalue weighted by Crippen LogP contribution is -2.49. The fraction of sp³-hybridized carbons (Fsp3) is 0.435. The Morgan fingerprint density at radius 2 is 1.83 bits per heavy atom. The van der Waals surface area contributed by atoms with Crippen LogP contribution >= 0.6 is 0 Å². The van der Waals surface area contributed by atoms with E-state index in [0.29, 0.717) is 24.7 Å². The molecule has 3 aliphatic rings. The Morgan fingerprint density at radius 3 is 2.48 bits per heavy atom. The van der Waals surface area contributed by atoms with Gasteiger partial charge in [-0.3, -0.25) is 0 Å². The van der Waals surface area contributed by atoms with Gasteiger partial charge in [-0.05, 0) is 79.5 Å². The van der Waals surface area contributed by atoms with E-state index >= 15 is 0 Å². The summed E-state index contributed by atoms with van der Waals surface area (Å²) in [5.41, 5.74) is 0.890. The Bertz CT molecular complexity index is 839. The second-order valence-electron chi connectivity index (χ2n) is 8.06. The van der Waals surface area contributed by atoms with Crippen molar-refractivity contribution in [2.24, 2.45) is 5.41 Å². The summed E-state index contributed by atoms with van der Waals surface area (Å²) in [7, 11) is 0. The Labute approximate surface area is 169 Å². The van der Waals surface area contributed by atoms with E-state index in [0.717, 1.165) is 37.7 Å². The summed E-state index contributed by atoms with van der Waals surface area (Å²) in [4.78, 5) is 10.6. The number of halogens is 1. The quantitative estimate of drug-likeness (QED) is 0.639. The molecule has 0 unspecified atom stereocenters. The molecular weight excluding hydrogens is 375 g/mol. The van der Waals surface area contributed by atoms with Gasteiger partial charge in [-0.1, -0.05) is 12.1 Å². The molecule has 0 amide bonds. The van der Waals surface area contributed by atoms with Gasteiger partial charge in [0.2, 0.25) is 0 Å². The van der Waals surface area contributed by atoms with Crippen molar-refractivity contribution < 1.29 is 28.5 Å². The second kappa shape index (κ2) is 8.13. The number of hydrogen-bond donors (Lipinski definition) is 1. The molecule has 2 bridgehead atoms. The van der Waals surface area contributed by atoms with E-state index in [9.17, 15) is 9.18 Å². The highest BCUT2D eigenvalue weighted by Crippen LogP contribution is 2.55. The predicted octanol–water partition coefficient (Wildman–Crippen LogP) is 4.90. The Balaban J connectivity index is 1.40. The molecule has 1 saturated carbocycles.